The van der Waals surface area contributed by atoms with Crippen LogP contribution >= 0.6 is 15.9 Å². The number of hydrogen-bond acceptors (Lipinski definition) is 1. The average molecular weight is 279 g/mol. The van der Waals surface area contributed by atoms with Gasteiger partial charge in [-0.1, -0.05) is 35.0 Å². The molecule has 0 aliphatic heterocycles. The van der Waals surface area contributed by atoms with E-state index in [1.807, 2.05) is 23.0 Å². The van der Waals surface area contributed by atoms with Crippen molar-refractivity contribution in [3.8, 4) is 11.1 Å². The van der Waals surface area contributed by atoms with E-state index in [9.17, 15) is 0 Å². The van der Waals surface area contributed by atoms with Crippen LogP contribution in [0.4, 0.5) is 0 Å². The van der Waals surface area contributed by atoms with Crippen LogP contribution in [0.25, 0.3) is 11.1 Å². The number of benzene rings is 1. The lowest BCUT2D eigenvalue weighted by Gasteiger charge is -2.07. The van der Waals surface area contributed by atoms with E-state index in [2.05, 4.69) is 53.2 Å². The maximum absolute atomic E-state index is 4.39. The first kappa shape index (κ1) is 11.4. The fraction of sp³-hybridized carbons (Fsp3) is 0.308. The van der Waals surface area contributed by atoms with E-state index in [1.54, 1.807) is 0 Å². The van der Waals surface area contributed by atoms with Gasteiger partial charge >= 0.3 is 0 Å². The van der Waals surface area contributed by atoms with Crippen LogP contribution in [-0.2, 0) is 0 Å². The molecular weight excluding hydrogens is 264 g/mol. The smallest absolute Gasteiger partial charge is 0.0568 e. The molecule has 1 aromatic heterocycles. The van der Waals surface area contributed by atoms with Crippen LogP contribution in [0.15, 0.2) is 41.1 Å². The van der Waals surface area contributed by atoms with Gasteiger partial charge in [-0.3, -0.25) is 4.68 Å². The second-order valence-electron chi connectivity index (χ2n) is 3.98. The molecule has 0 N–H and O–H groups in total. The van der Waals surface area contributed by atoms with Crippen LogP contribution in [-0.4, -0.2) is 9.78 Å². The van der Waals surface area contributed by atoms with E-state index in [-0.39, 0.29) is 0 Å². The third-order valence-electron chi connectivity index (χ3n) is 2.80. The van der Waals surface area contributed by atoms with Crippen molar-refractivity contribution in [1.82, 2.24) is 9.78 Å². The zero-order valence-electron chi connectivity index (χ0n) is 9.52. The van der Waals surface area contributed by atoms with Crippen molar-refractivity contribution in [2.24, 2.45) is 0 Å². The molecule has 0 spiro atoms. The largest absolute Gasteiger partial charge is 0.269 e. The average Bonchev–Trinajstić information content (AvgIpc) is 2.77. The third-order valence-corrected chi connectivity index (χ3v) is 3.30. The molecule has 84 valence electrons. The lowest BCUT2D eigenvalue weighted by atomic mass is 10.1. The van der Waals surface area contributed by atoms with E-state index < -0.39 is 0 Å². The fourth-order valence-electron chi connectivity index (χ4n) is 1.58. The highest BCUT2D eigenvalue weighted by Crippen LogP contribution is 2.23. The first-order valence-electron chi connectivity index (χ1n) is 5.51. The van der Waals surface area contributed by atoms with Gasteiger partial charge in [-0.25, -0.2) is 0 Å². The summed E-state index contributed by atoms with van der Waals surface area (Å²) >= 11 is 3.48. The van der Waals surface area contributed by atoms with Gasteiger partial charge < -0.3 is 0 Å². The Labute approximate surface area is 104 Å². The Morgan fingerprint density at radius 3 is 2.88 bits per heavy atom. The lowest BCUT2D eigenvalue weighted by Crippen LogP contribution is -2.03. The van der Waals surface area contributed by atoms with E-state index >= 15 is 0 Å². The summed E-state index contributed by atoms with van der Waals surface area (Å²) in [5.74, 6) is 0. The van der Waals surface area contributed by atoms with Gasteiger partial charge in [-0.15, -0.1) is 0 Å². The molecule has 2 aromatic rings. The summed E-state index contributed by atoms with van der Waals surface area (Å²) < 4.78 is 3.12. The molecule has 3 heteroatoms. The molecule has 1 aromatic carbocycles. The van der Waals surface area contributed by atoms with Gasteiger partial charge in [0, 0.05) is 22.3 Å². The number of aromatic nitrogens is 2. The molecular formula is C13H15BrN2. The lowest BCUT2D eigenvalue weighted by molar-refractivity contribution is 0.478. The summed E-state index contributed by atoms with van der Waals surface area (Å²) in [5, 5.41) is 4.39. The van der Waals surface area contributed by atoms with Crippen LogP contribution in [0.1, 0.15) is 26.3 Å². The van der Waals surface area contributed by atoms with Crippen LogP contribution in [0.3, 0.4) is 0 Å². The van der Waals surface area contributed by atoms with E-state index in [1.165, 1.54) is 11.1 Å². The summed E-state index contributed by atoms with van der Waals surface area (Å²) in [6.45, 7) is 4.35. The number of nitrogens with zero attached hydrogens (tertiary/aromatic N) is 2. The molecule has 1 heterocycles. The molecule has 0 fully saturated rings. The minimum Gasteiger partial charge on any atom is -0.269 e. The molecule has 0 aliphatic rings. The summed E-state index contributed by atoms with van der Waals surface area (Å²) in [7, 11) is 0. The normalized spacial score (nSPS) is 12.7. The van der Waals surface area contributed by atoms with Crippen molar-refractivity contribution in [1.29, 1.82) is 0 Å². The molecule has 0 saturated heterocycles. The Bertz CT molecular complexity index is 476. The van der Waals surface area contributed by atoms with Crippen molar-refractivity contribution in [2.45, 2.75) is 26.3 Å². The molecule has 1 atom stereocenters. The van der Waals surface area contributed by atoms with Crippen molar-refractivity contribution >= 4 is 15.9 Å². The Kier molecular flexibility index (Phi) is 3.44. The van der Waals surface area contributed by atoms with Gasteiger partial charge in [0.2, 0.25) is 0 Å². The topological polar surface area (TPSA) is 17.8 Å². The Hall–Kier alpha value is -1.09. The van der Waals surface area contributed by atoms with E-state index in [0.717, 1.165) is 10.9 Å². The molecule has 16 heavy (non-hydrogen) atoms. The SMILES string of the molecule is CCC(C)n1cc(-c2cccc(Br)c2)cn1. The van der Waals surface area contributed by atoms with Crippen molar-refractivity contribution in [3.63, 3.8) is 0 Å². The Morgan fingerprint density at radius 1 is 1.38 bits per heavy atom. The van der Waals surface area contributed by atoms with Gasteiger partial charge in [-0.05, 0) is 31.0 Å². The number of rotatable bonds is 3. The minimum atomic E-state index is 0.459. The highest BCUT2D eigenvalue weighted by molar-refractivity contribution is 9.10. The van der Waals surface area contributed by atoms with Gasteiger partial charge in [0.1, 0.15) is 0 Å². The highest BCUT2D eigenvalue weighted by atomic mass is 79.9. The monoisotopic (exact) mass is 278 g/mol. The molecule has 0 bridgehead atoms. The summed E-state index contributed by atoms with van der Waals surface area (Å²) in [5.41, 5.74) is 2.37. The van der Waals surface area contributed by atoms with E-state index in [0.29, 0.717) is 6.04 Å². The second kappa shape index (κ2) is 4.83. The number of hydrogen-bond donors (Lipinski definition) is 0. The first-order chi connectivity index (χ1) is 7.70. The summed E-state index contributed by atoms with van der Waals surface area (Å²) in [6.07, 6.45) is 5.13. The molecule has 2 nitrogen and oxygen atoms in total. The van der Waals surface area contributed by atoms with Crippen molar-refractivity contribution < 1.29 is 0 Å². The maximum Gasteiger partial charge on any atom is 0.0568 e. The second-order valence-corrected chi connectivity index (χ2v) is 4.89. The van der Waals surface area contributed by atoms with Gasteiger partial charge in [-0.2, -0.15) is 5.10 Å². The van der Waals surface area contributed by atoms with Crippen LogP contribution in [0, 0.1) is 0 Å². The minimum absolute atomic E-state index is 0.459. The molecule has 2 rings (SSSR count). The van der Waals surface area contributed by atoms with Crippen LogP contribution in [0.5, 0.6) is 0 Å². The van der Waals surface area contributed by atoms with Gasteiger partial charge in [0.25, 0.3) is 0 Å². The number of halogens is 1. The van der Waals surface area contributed by atoms with Crippen LogP contribution < -0.4 is 0 Å². The Morgan fingerprint density at radius 2 is 2.19 bits per heavy atom. The zero-order chi connectivity index (χ0) is 11.5. The molecule has 1 unspecified atom stereocenters. The predicted molar refractivity (Wildman–Crippen MR) is 70.4 cm³/mol. The third kappa shape index (κ3) is 2.35. The van der Waals surface area contributed by atoms with E-state index in [4.69, 9.17) is 0 Å². The summed E-state index contributed by atoms with van der Waals surface area (Å²) in [4.78, 5) is 0. The highest BCUT2D eigenvalue weighted by Gasteiger charge is 2.05. The maximum atomic E-state index is 4.39. The quantitative estimate of drug-likeness (QED) is 0.819. The Balaban J connectivity index is 2.31. The van der Waals surface area contributed by atoms with Gasteiger partial charge in [0.15, 0.2) is 0 Å². The molecule has 0 aliphatic carbocycles. The van der Waals surface area contributed by atoms with Gasteiger partial charge in [0.05, 0.1) is 6.20 Å². The van der Waals surface area contributed by atoms with Crippen molar-refractivity contribution in [2.75, 3.05) is 0 Å². The van der Waals surface area contributed by atoms with Crippen LogP contribution in [0.2, 0.25) is 0 Å². The zero-order valence-corrected chi connectivity index (χ0v) is 11.1. The molecule has 0 amide bonds. The van der Waals surface area contributed by atoms with Crippen molar-refractivity contribution in [3.05, 3.63) is 41.1 Å². The molecule has 0 saturated carbocycles. The first-order valence-corrected chi connectivity index (χ1v) is 6.30. The molecule has 0 radical (unpaired) electrons. The predicted octanol–water partition coefficient (Wildman–Crippen LogP) is 4.28. The standard InChI is InChI=1S/C13H15BrN2/c1-3-10(2)16-9-12(8-15-16)11-5-4-6-13(14)7-11/h4-10H,3H2,1-2H3. The fourth-order valence-corrected chi connectivity index (χ4v) is 1.98. The summed E-state index contributed by atoms with van der Waals surface area (Å²) in [6, 6.07) is 8.74.